The van der Waals surface area contributed by atoms with Crippen LogP contribution in [0.1, 0.15) is 23.2 Å². The SMILES string of the molecule is N#CCCCn1c(O)c(N=NC(=O)c2ccc3c(c2)OCO3)c2ccccc21. The molecule has 0 saturated carbocycles. The maximum absolute atomic E-state index is 12.4. The Balaban J connectivity index is 1.64. The number of nitrogens with zero attached hydrogens (tertiary/aromatic N) is 4. The van der Waals surface area contributed by atoms with Crippen molar-refractivity contribution in [1.82, 2.24) is 4.57 Å². The van der Waals surface area contributed by atoms with E-state index < -0.39 is 5.91 Å². The predicted molar refractivity (Wildman–Crippen MR) is 99.9 cm³/mol. The van der Waals surface area contributed by atoms with Gasteiger partial charge in [-0.3, -0.25) is 4.79 Å². The van der Waals surface area contributed by atoms with Gasteiger partial charge in [0.05, 0.1) is 11.6 Å². The van der Waals surface area contributed by atoms with Crippen molar-refractivity contribution >= 4 is 22.5 Å². The Morgan fingerprint density at radius 2 is 2.04 bits per heavy atom. The fraction of sp³-hybridized carbons (Fsp3) is 0.200. The molecule has 0 fully saturated rings. The fourth-order valence-corrected chi connectivity index (χ4v) is 3.10. The van der Waals surface area contributed by atoms with E-state index in [-0.39, 0.29) is 18.4 Å². The third kappa shape index (κ3) is 3.14. The van der Waals surface area contributed by atoms with Crippen LogP contribution in [0.2, 0.25) is 0 Å². The van der Waals surface area contributed by atoms with Gasteiger partial charge in [0.15, 0.2) is 17.2 Å². The summed E-state index contributed by atoms with van der Waals surface area (Å²) < 4.78 is 12.2. The first-order valence-corrected chi connectivity index (χ1v) is 8.72. The smallest absolute Gasteiger partial charge is 0.295 e. The van der Waals surface area contributed by atoms with Gasteiger partial charge < -0.3 is 19.1 Å². The Morgan fingerprint density at radius 1 is 1.21 bits per heavy atom. The van der Waals surface area contributed by atoms with Crippen molar-refractivity contribution in [2.45, 2.75) is 19.4 Å². The second kappa shape index (κ2) is 7.40. The lowest BCUT2D eigenvalue weighted by atomic mass is 10.2. The van der Waals surface area contributed by atoms with Crippen LogP contribution in [0.5, 0.6) is 17.4 Å². The zero-order valence-electron chi connectivity index (χ0n) is 14.8. The molecule has 0 atom stereocenters. The first-order chi connectivity index (χ1) is 13.7. The van der Waals surface area contributed by atoms with Crippen LogP contribution < -0.4 is 9.47 Å². The van der Waals surface area contributed by atoms with E-state index in [1.54, 1.807) is 28.8 Å². The largest absolute Gasteiger partial charge is 0.493 e. The van der Waals surface area contributed by atoms with Crippen LogP contribution in [0, 0.1) is 11.3 Å². The van der Waals surface area contributed by atoms with E-state index >= 15 is 0 Å². The number of carbonyl (C=O) groups excluding carboxylic acids is 1. The lowest BCUT2D eigenvalue weighted by Crippen LogP contribution is -1.96. The third-order valence-electron chi connectivity index (χ3n) is 4.45. The quantitative estimate of drug-likeness (QED) is 0.527. The molecule has 1 aliphatic rings. The number of hydrogen-bond donors (Lipinski definition) is 1. The van der Waals surface area contributed by atoms with Crippen LogP contribution in [0.15, 0.2) is 52.7 Å². The monoisotopic (exact) mass is 376 g/mol. The topological polar surface area (TPSA) is 109 Å². The zero-order chi connectivity index (χ0) is 19.5. The number of benzene rings is 2. The van der Waals surface area contributed by atoms with Crippen LogP contribution in [-0.2, 0) is 6.54 Å². The Bertz CT molecular complexity index is 1130. The summed E-state index contributed by atoms with van der Waals surface area (Å²) in [7, 11) is 0. The maximum Gasteiger partial charge on any atom is 0.295 e. The van der Waals surface area contributed by atoms with Gasteiger partial charge >= 0.3 is 0 Å². The molecule has 140 valence electrons. The molecule has 1 amide bonds. The highest BCUT2D eigenvalue weighted by Crippen LogP contribution is 2.39. The van der Waals surface area contributed by atoms with E-state index in [4.69, 9.17) is 14.7 Å². The average Bonchev–Trinajstić information content (AvgIpc) is 3.29. The molecule has 0 radical (unpaired) electrons. The van der Waals surface area contributed by atoms with Gasteiger partial charge in [-0.2, -0.15) is 5.26 Å². The van der Waals surface area contributed by atoms with Crippen molar-refractivity contribution in [3.05, 3.63) is 48.0 Å². The Kier molecular flexibility index (Phi) is 4.64. The van der Waals surface area contributed by atoms with Gasteiger partial charge in [0.25, 0.3) is 5.91 Å². The second-order valence-corrected chi connectivity index (χ2v) is 6.18. The minimum atomic E-state index is -0.556. The summed E-state index contributed by atoms with van der Waals surface area (Å²) in [6.45, 7) is 0.583. The highest BCUT2D eigenvalue weighted by molar-refractivity contribution is 5.97. The first kappa shape index (κ1) is 17.5. The number of nitriles is 1. The fourth-order valence-electron chi connectivity index (χ4n) is 3.10. The standard InChI is InChI=1S/C20H16N4O4/c21-9-3-4-10-24-15-6-2-1-5-14(15)18(20(24)26)22-23-19(25)13-7-8-16-17(11-13)28-12-27-16/h1-2,5-8,11,26H,3-4,10,12H2. The van der Waals surface area contributed by atoms with E-state index in [1.165, 1.54) is 0 Å². The molecule has 28 heavy (non-hydrogen) atoms. The highest BCUT2D eigenvalue weighted by Gasteiger charge is 2.18. The average molecular weight is 376 g/mol. The molecular formula is C20H16N4O4. The van der Waals surface area contributed by atoms with E-state index in [2.05, 4.69) is 16.3 Å². The number of amides is 1. The number of fused-ring (bicyclic) bond motifs is 2. The summed E-state index contributed by atoms with van der Waals surface area (Å²) in [5, 5.41) is 27.8. The van der Waals surface area contributed by atoms with Gasteiger partial charge in [0, 0.05) is 23.9 Å². The molecule has 1 aliphatic heterocycles. The van der Waals surface area contributed by atoms with Crippen molar-refractivity contribution in [2.75, 3.05) is 6.79 Å². The second-order valence-electron chi connectivity index (χ2n) is 6.18. The number of carbonyl (C=O) groups is 1. The van der Waals surface area contributed by atoms with Crippen LogP contribution >= 0.6 is 0 Å². The number of ether oxygens (including phenoxy) is 2. The molecule has 0 bridgehead atoms. The lowest BCUT2D eigenvalue weighted by molar-refractivity contribution is 0.0994. The molecule has 1 aromatic heterocycles. The van der Waals surface area contributed by atoms with Gasteiger partial charge in [-0.1, -0.05) is 18.2 Å². The molecule has 8 nitrogen and oxygen atoms in total. The summed E-state index contributed by atoms with van der Waals surface area (Å²) >= 11 is 0. The summed E-state index contributed by atoms with van der Waals surface area (Å²) in [4.78, 5) is 12.4. The summed E-state index contributed by atoms with van der Waals surface area (Å²) in [5.74, 6) is 0.421. The van der Waals surface area contributed by atoms with E-state index in [9.17, 15) is 9.90 Å². The molecule has 0 spiro atoms. The molecule has 1 N–H and O–H groups in total. The summed E-state index contributed by atoms with van der Waals surface area (Å²) in [6, 6.07) is 14.2. The number of aromatic hydroxyl groups is 1. The van der Waals surface area contributed by atoms with E-state index in [0.717, 1.165) is 5.52 Å². The number of aromatic nitrogens is 1. The molecule has 3 aromatic rings. The minimum absolute atomic E-state index is 0.0821. The molecule has 2 aromatic carbocycles. The van der Waals surface area contributed by atoms with E-state index in [0.29, 0.717) is 41.8 Å². The molecule has 2 heterocycles. The van der Waals surface area contributed by atoms with Gasteiger partial charge in [-0.05, 0) is 30.7 Å². The molecule has 8 heteroatoms. The summed E-state index contributed by atoms with van der Waals surface area (Å²) in [5.41, 5.74) is 1.30. The zero-order valence-corrected chi connectivity index (χ0v) is 14.8. The first-order valence-electron chi connectivity index (χ1n) is 8.72. The maximum atomic E-state index is 12.4. The number of rotatable bonds is 5. The van der Waals surface area contributed by atoms with Gasteiger partial charge in [-0.25, -0.2) is 0 Å². The van der Waals surface area contributed by atoms with E-state index in [1.807, 2.05) is 18.2 Å². The van der Waals surface area contributed by atoms with Crippen molar-refractivity contribution in [2.24, 2.45) is 10.2 Å². The number of para-hydroxylation sites is 1. The van der Waals surface area contributed by atoms with Crippen molar-refractivity contribution in [1.29, 1.82) is 5.26 Å². The normalized spacial score (nSPS) is 12.5. The van der Waals surface area contributed by atoms with Gasteiger partial charge in [-0.15, -0.1) is 10.2 Å². The highest BCUT2D eigenvalue weighted by atomic mass is 16.7. The predicted octanol–water partition coefficient (Wildman–Crippen LogP) is 4.30. The molecule has 4 rings (SSSR count). The molecule has 0 aliphatic carbocycles. The molecule has 0 unspecified atom stereocenters. The minimum Gasteiger partial charge on any atom is -0.493 e. The Hall–Kier alpha value is -3.86. The Labute approximate surface area is 160 Å². The van der Waals surface area contributed by atoms with Crippen LogP contribution in [-0.4, -0.2) is 22.4 Å². The molecule has 0 saturated heterocycles. The van der Waals surface area contributed by atoms with Crippen LogP contribution in [0.25, 0.3) is 10.9 Å². The number of azo groups is 1. The van der Waals surface area contributed by atoms with Crippen molar-refractivity contribution < 1.29 is 19.4 Å². The Morgan fingerprint density at radius 3 is 2.89 bits per heavy atom. The van der Waals surface area contributed by atoms with Crippen LogP contribution in [0.4, 0.5) is 5.69 Å². The molecular weight excluding hydrogens is 360 g/mol. The number of unbranched alkanes of at least 4 members (excludes halogenated alkanes) is 1. The van der Waals surface area contributed by atoms with Gasteiger partial charge in [0.2, 0.25) is 12.7 Å². The summed E-state index contributed by atoms with van der Waals surface area (Å²) in [6.07, 6.45) is 0.973. The van der Waals surface area contributed by atoms with Crippen molar-refractivity contribution in [3.8, 4) is 23.4 Å². The van der Waals surface area contributed by atoms with Gasteiger partial charge in [0.1, 0.15) is 0 Å². The number of aryl methyl sites for hydroxylation is 1. The number of hydrogen-bond acceptors (Lipinski definition) is 6. The third-order valence-corrected chi connectivity index (χ3v) is 4.45. The van der Waals surface area contributed by atoms with Crippen LogP contribution in [0.3, 0.4) is 0 Å². The lowest BCUT2D eigenvalue weighted by Gasteiger charge is -2.04. The van der Waals surface area contributed by atoms with Crippen molar-refractivity contribution in [3.63, 3.8) is 0 Å².